The molecule has 1 heterocycles. The van der Waals surface area contributed by atoms with Crippen LogP contribution in [0.4, 0.5) is 4.39 Å². The van der Waals surface area contributed by atoms with E-state index in [0.717, 1.165) is 25.2 Å². The molecule has 0 fully saturated rings. The van der Waals surface area contributed by atoms with Crippen molar-refractivity contribution in [3.63, 3.8) is 0 Å². The van der Waals surface area contributed by atoms with Crippen molar-refractivity contribution in [3.8, 4) is 5.75 Å². The molecule has 0 bridgehead atoms. The zero-order valence-electron chi connectivity index (χ0n) is 12.8. The van der Waals surface area contributed by atoms with Gasteiger partial charge in [-0.2, -0.15) is 5.10 Å². The molecule has 2 rings (SSSR count). The molecule has 0 aliphatic heterocycles. The van der Waals surface area contributed by atoms with E-state index in [4.69, 9.17) is 4.74 Å². The van der Waals surface area contributed by atoms with Crippen LogP contribution < -0.4 is 10.1 Å². The highest BCUT2D eigenvalue weighted by molar-refractivity contribution is 5.34. The lowest BCUT2D eigenvalue weighted by molar-refractivity contribution is 0.409. The lowest BCUT2D eigenvalue weighted by atomic mass is 10.0. The fourth-order valence-electron chi connectivity index (χ4n) is 2.38. The lowest BCUT2D eigenvalue weighted by Crippen LogP contribution is -2.26. The minimum Gasteiger partial charge on any atom is -0.497 e. The maximum atomic E-state index is 14.4. The van der Waals surface area contributed by atoms with Crippen LogP contribution in [0.5, 0.6) is 5.75 Å². The highest BCUT2D eigenvalue weighted by Gasteiger charge is 2.21. The summed E-state index contributed by atoms with van der Waals surface area (Å²) in [5.41, 5.74) is 1.58. The quantitative estimate of drug-likeness (QED) is 0.852. The molecule has 21 heavy (non-hydrogen) atoms. The second kappa shape index (κ2) is 7.22. The molecule has 0 saturated heterocycles. The van der Waals surface area contributed by atoms with Gasteiger partial charge >= 0.3 is 0 Å². The number of benzene rings is 1. The fourth-order valence-corrected chi connectivity index (χ4v) is 2.38. The molecule has 0 amide bonds. The molecule has 5 heteroatoms. The van der Waals surface area contributed by atoms with Gasteiger partial charge in [-0.15, -0.1) is 0 Å². The van der Waals surface area contributed by atoms with Crippen LogP contribution in [0.3, 0.4) is 0 Å². The van der Waals surface area contributed by atoms with Crippen molar-refractivity contribution in [1.82, 2.24) is 15.1 Å². The van der Waals surface area contributed by atoms with Gasteiger partial charge in [-0.05, 0) is 32.0 Å². The van der Waals surface area contributed by atoms with Gasteiger partial charge in [-0.25, -0.2) is 4.39 Å². The monoisotopic (exact) mass is 291 g/mol. The summed E-state index contributed by atoms with van der Waals surface area (Å²) >= 11 is 0. The van der Waals surface area contributed by atoms with Crippen molar-refractivity contribution in [2.75, 3.05) is 13.7 Å². The Morgan fingerprint density at radius 1 is 1.33 bits per heavy atom. The molecule has 1 aromatic carbocycles. The van der Waals surface area contributed by atoms with Crippen molar-refractivity contribution < 1.29 is 9.13 Å². The first-order valence-electron chi connectivity index (χ1n) is 7.29. The minimum absolute atomic E-state index is 0.210. The Hall–Kier alpha value is -1.88. The third-order valence-corrected chi connectivity index (χ3v) is 3.46. The Balaban J connectivity index is 2.40. The van der Waals surface area contributed by atoms with Gasteiger partial charge in [0.25, 0.3) is 0 Å². The van der Waals surface area contributed by atoms with E-state index in [-0.39, 0.29) is 11.9 Å². The number of methoxy groups -OCH3 is 1. The number of aromatic nitrogens is 2. The van der Waals surface area contributed by atoms with Crippen LogP contribution in [0, 0.1) is 5.82 Å². The maximum absolute atomic E-state index is 14.4. The van der Waals surface area contributed by atoms with Gasteiger partial charge in [-0.3, -0.25) is 4.68 Å². The number of nitrogens with one attached hydrogen (secondary N) is 1. The first-order chi connectivity index (χ1) is 10.2. The molecule has 0 radical (unpaired) electrons. The number of rotatable bonds is 7. The van der Waals surface area contributed by atoms with Crippen LogP contribution in [0.15, 0.2) is 30.5 Å². The number of ether oxygens (including phenoxy) is 1. The highest BCUT2D eigenvalue weighted by atomic mass is 19.1. The van der Waals surface area contributed by atoms with Crippen molar-refractivity contribution in [2.24, 2.45) is 0 Å². The number of hydrogen-bond donors (Lipinski definition) is 1. The summed E-state index contributed by atoms with van der Waals surface area (Å²) in [7, 11) is 1.54. The zero-order chi connectivity index (χ0) is 15.2. The van der Waals surface area contributed by atoms with Crippen LogP contribution in [0.25, 0.3) is 0 Å². The Morgan fingerprint density at radius 3 is 2.76 bits per heavy atom. The van der Waals surface area contributed by atoms with E-state index in [1.165, 1.54) is 13.2 Å². The number of aryl methyl sites for hydroxylation is 1. The fraction of sp³-hybridized carbons (Fsp3) is 0.438. The van der Waals surface area contributed by atoms with E-state index in [1.54, 1.807) is 18.3 Å². The molecule has 4 nitrogen and oxygen atoms in total. The van der Waals surface area contributed by atoms with Gasteiger partial charge in [0.1, 0.15) is 11.6 Å². The van der Waals surface area contributed by atoms with Gasteiger partial charge < -0.3 is 10.1 Å². The molecule has 0 aliphatic carbocycles. The largest absolute Gasteiger partial charge is 0.497 e. The molecule has 2 aromatic rings. The Labute approximate surface area is 124 Å². The summed E-state index contributed by atoms with van der Waals surface area (Å²) in [5.74, 6) is 0.251. The van der Waals surface area contributed by atoms with E-state index in [1.807, 2.05) is 17.7 Å². The zero-order valence-corrected chi connectivity index (χ0v) is 12.8. The van der Waals surface area contributed by atoms with E-state index in [0.29, 0.717) is 11.3 Å². The number of nitrogens with zero attached hydrogens (tertiary/aromatic N) is 2. The van der Waals surface area contributed by atoms with E-state index >= 15 is 0 Å². The summed E-state index contributed by atoms with van der Waals surface area (Å²) in [4.78, 5) is 0. The SMILES string of the molecule is CCCNC(c1ccc(OC)cc1F)c1ccnn1CC. The van der Waals surface area contributed by atoms with Crippen molar-refractivity contribution in [3.05, 3.63) is 47.5 Å². The van der Waals surface area contributed by atoms with Crippen LogP contribution >= 0.6 is 0 Å². The van der Waals surface area contributed by atoms with E-state index < -0.39 is 0 Å². The minimum atomic E-state index is -0.271. The van der Waals surface area contributed by atoms with E-state index in [9.17, 15) is 4.39 Å². The normalized spacial score (nSPS) is 12.4. The topological polar surface area (TPSA) is 39.1 Å². The summed E-state index contributed by atoms with van der Waals surface area (Å²) in [5, 5.41) is 7.68. The lowest BCUT2D eigenvalue weighted by Gasteiger charge is -2.21. The van der Waals surface area contributed by atoms with Crippen LogP contribution in [-0.2, 0) is 6.54 Å². The molecule has 0 saturated carbocycles. The molecule has 1 unspecified atom stereocenters. The molecule has 114 valence electrons. The second-order valence-electron chi connectivity index (χ2n) is 4.85. The first-order valence-corrected chi connectivity index (χ1v) is 7.29. The molecular formula is C16H22FN3O. The second-order valence-corrected chi connectivity index (χ2v) is 4.85. The van der Waals surface area contributed by atoms with Crippen LogP contribution in [0.2, 0.25) is 0 Å². The van der Waals surface area contributed by atoms with Gasteiger partial charge in [0.05, 0.1) is 18.8 Å². The molecule has 1 atom stereocenters. The van der Waals surface area contributed by atoms with Crippen LogP contribution in [0.1, 0.15) is 37.6 Å². The van der Waals surface area contributed by atoms with Gasteiger partial charge in [-0.1, -0.05) is 13.0 Å². The van der Waals surface area contributed by atoms with Gasteiger partial charge in [0.15, 0.2) is 0 Å². The number of halogens is 1. The molecular weight excluding hydrogens is 269 g/mol. The van der Waals surface area contributed by atoms with Crippen molar-refractivity contribution in [1.29, 1.82) is 0 Å². The predicted octanol–water partition coefficient (Wildman–Crippen LogP) is 3.14. The Bertz CT molecular complexity index is 583. The van der Waals surface area contributed by atoms with E-state index in [2.05, 4.69) is 17.3 Å². The predicted molar refractivity (Wildman–Crippen MR) is 81.0 cm³/mol. The third kappa shape index (κ3) is 3.42. The van der Waals surface area contributed by atoms with Gasteiger partial charge in [0.2, 0.25) is 0 Å². The van der Waals surface area contributed by atoms with Gasteiger partial charge in [0, 0.05) is 24.4 Å². The number of hydrogen-bond acceptors (Lipinski definition) is 3. The summed E-state index contributed by atoms with van der Waals surface area (Å²) in [6, 6.07) is 6.70. The molecule has 0 spiro atoms. The summed E-state index contributed by atoms with van der Waals surface area (Å²) < 4.78 is 21.3. The Kier molecular flexibility index (Phi) is 5.33. The average molecular weight is 291 g/mol. The average Bonchev–Trinajstić information content (AvgIpc) is 2.97. The first kappa shape index (κ1) is 15.5. The smallest absolute Gasteiger partial charge is 0.132 e. The highest BCUT2D eigenvalue weighted by Crippen LogP contribution is 2.27. The molecule has 0 aliphatic rings. The summed E-state index contributed by atoms with van der Waals surface area (Å²) in [6.07, 6.45) is 2.73. The molecule has 1 aromatic heterocycles. The Morgan fingerprint density at radius 2 is 2.14 bits per heavy atom. The van der Waals surface area contributed by atoms with Crippen molar-refractivity contribution in [2.45, 2.75) is 32.9 Å². The van der Waals surface area contributed by atoms with Crippen molar-refractivity contribution >= 4 is 0 Å². The maximum Gasteiger partial charge on any atom is 0.132 e. The summed E-state index contributed by atoms with van der Waals surface area (Å²) in [6.45, 7) is 5.68. The standard InChI is InChI=1S/C16H22FN3O/c1-4-9-18-16(15-8-10-19-20(15)5-2)13-7-6-12(21-3)11-14(13)17/h6-8,10-11,16,18H,4-5,9H2,1-3H3. The molecule has 1 N–H and O–H groups in total. The van der Waals surface area contributed by atoms with Crippen LogP contribution in [-0.4, -0.2) is 23.4 Å². The third-order valence-electron chi connectivity index (χ3n) is 3.46.